The largest absolute Gasteiger partial charge is 0.399 e. The van der Waals surface area contributed by atoms with Gasteiger partial charge in [-0.15, -0.1) is 11.8 Å². The van der Waals surface area contributed by atoms with Crippen LogP contribution in [0.15, 0.2) is 29.3 Å². The predicted octanol–water partition coefficient (Wildman–Crippen LogP) is 2.87. The Labute approximate surface area is 88.6 Å². The van der Waals surface area contributed by atoms with Crippen molar-refractivity contribution in [3.63, 3.8) is 0 Å². The van der Waals surface area contributed by atoms with Crippen LogP contribution < -0.4 is 5.73 Å². The molecule has 0 amide bonds. The number of rotatable bonds is 2. The molecule has 1 aromatic carbocycles. The normalized spacial score (nSPS) is 20.9. The first-order valence-electron chi connectivity index (χ1n) is 4.84. The molecule has 0 radical (unpaired) electrons. The highest BCUT2D eigenvalue weighted by molar-refractivity contribution is 8.14. The van der Waals surface area contributed by atoms with Gasteiger partial charge in [-0.2, -0.15) is 0 Å². The monoisotopic (exact) mass is 206 g/mol. The van der Waals surface area contributed by atoms with Gasteiger partial charge in [0.1, 0.15) is 0 Å². The van der Waals surface area contributed by atoms with E-state index in [1.807, 2.05) is 23.9 Å². The maximum atomic E-state index is 5.64. The van der Waals surface area contributed by atoms with Crippen molar-refractivity contribution < 1.29 is 0 Å². The molecule has 0 aliphatic carbocycles. The molecule has 0 saturated carbocycles. The fraction of sp³-hybridized carbons (Fsp3) is 0.364. The van der Waals surface area contributed by atoms with Crippen molar-refractivity contribution >= 4 is 22.5 Å². The van der Waals surface area contributed by atoms with Gasteiger partial charge in [-0.05, 0) is 24.1 Å². The van der Waals surface area contributed by atoms with Crippen LogP contribution in [0.4, 0.5) is 5.69 Å². The summed E-state index contributed by atoms with van der Waals surface area (Å²) in [5.74, 6) is 1.08. The zero-order chi connectivity index (χ0) is 9.97. The lowest BCUT2D eigenvalue weighted by atomic mass is 10.1. The smallest absolute Gasteiger partial charge is 0.0852 e. The average Bonchev–Trinajstić information content (AvgIpc) is 2.67. The fourth-order valence-electron chi connectivity index (χ4n) is 1.51. The number of nitrogen functional groups attached to an aromatic ring is 1. The van der Waals surface area contributed by atoms with E-state index >= 15 is 0 Å². The van der Waals surface area contributed by atoms with Gasteiger partial charge in [-0.1, -0.05) is 19.1 Å². The highest BCUT2D eigenvalue weighted by Crippen LogP contribution is 2.31. The number of thioether (sulfide) groups is 1. The van der Waals surface area contributed by atoms with Crippen LogP contribution in [0.3, 0.4) is 0 Å². The SMILES string of the molecule is CCC1=NC(c2ccc(N)cc2)CS1. The van der Waals surface area contributed by atoms with Crippen LogP contribution in [0.2, 0.25) is 0 Å². The Kier molecular flexibility index (Phi) is 2.77. The molecule has 0 spiro atoms. The molecule has 2 nitrogen and oxygen atoms in total. The van der Waals surface area contributed by atoms with Crippen molar-refractivity contribution in [3.8, 4) is 0 Å². The van der Waals surface area contributed by atoms with Crippen LogP contribution in [0.5, 0.6) is 0 Å². The molecule has 1 aliphatic rings. The molecule has 0 fully saturated rings. The fourth-order valence-corrected chi connectivity index (χ4v) is 2.53. The minimum atomic E-state index is 0.343. The van der Waals surface area contributed by atoms with E-state index in [9.17, 15) is 0 Å². The number of benzene rings is 1. The second-order valence-electron chi connectivity index (χ2n) is 3.37. The number of nitrogens with zero attached hydrogens (tertiary/aromatic N) is 1. The summed E-state index contributed by atoms with van der Waals surface area (Å²) in [6, 6.07) is 8.38. The molecule has 1 aromatic rings. The number of hydrogen-bond donors (Lipinski definition) is 1. The third kappa shape index (κ3) is 1.93. The highest BCUT2D eigenvalue weighted by Gasteiger charge is 2.18. The molecule has 2 rings (SSSR count). The molecule has 1 aliphatic heterocycles. The molecule has 3 heteroatoms. The van der Waals surface area contributed by atoms with Gasteiger partial charge in [0.15, 0.2) is 0 Å². The van der Waals surface area contributed by atoms with Crippen molar-refractivity contribution in [3.05, 3.63) is 29.8 Å². The van der Waals surface area contributed by atoms with Gasteiger partial charge in [0.25, 0.3) is 0 Å². The molecule has 1 heterocycles. The third-order valence-corrected chi connectivity index (χ3v) is 3.54. The van der Waals surface area contributed by atoms with Crippen molar-refractivity contribution in [1.82, 2.24) is 0 Å². The number of aliphatic imine (C=N–C) groups is 1. The second-order valence-corrected chi connectivity index (χ2v) is 4.46. The average molecular weight is 206 g/mol. The van der Waals surface area contributed by atoms with E-state index in [1.165, 1.54) is 10.6 Å². The van der Waals surface area contributed by atoms with Crippen molar-refractivity contribution in [1.29, 1.82) is 0 Å². The summed E-state index contributed by atoms with van der Waals surface area (Å²) in [4.78, 5) is 4.65. The summed E-state index contributed by atoms with van der Waals surface area (Å²) < 4.78 is 0. The lowest BCUT2D eigenvalue weighted by Gasteiger charge is -2.05. The molecule has 0 bridgehead atoms. The van der Waals surface area contributed by atoms with E-state index in [2.05, 4.69) is 24.0 Å². The molecule has 74 valence electrons. The van der Waals surface area contributed by atoms with Gasteiger partial charge in [0.05, 0.1) is 11.1 Å². The first-order chi connectivity index (χ1) is 6.79. The molecule has 1 unspecified atom stereocenters. The van der Waals surface area contributed by atoms with Gasteiger partial charge in [-0.25, -0.2) is 0 Å². The molecule has 2 N–H and O–H groups in total. The Morgan fingerprint density at radius 2 is 2.14 bits per heavy atom. The lowest BCUT2D eigenvalue weighted by molar-refractivity contribution is 0.847. The van der Waals surface area contributed by atoms with Crippen LogP contribution in [0, 0.1) is 0 Å². The van der Waals surface area contributed by atoms with Gasteiger partial charge < -0.3 is 5.73 Å². The van der Waals surface area contributed by atoms with Crippen molar-refractivity contribution in [2.75, 3.05) is 11.5 Å². The van der Waals surface area contributed by atoms with E-state index in [4.69, 9.17) is 5.73 Å². The quantitative estimate of drug-likeness (QED) is 0.756. The van der Waals surface area contributed by atoms with Crippen LogP contribution in [0.1, 0.15) is 24.9 Å². The van der Waals surface area contributed by atoms with Gasteiger partial charge >= 0.3 is 0 Å². The van der Waals surface area contributed by atoms with E-state index in [0.29, 0.717) is 6.04 Å². The molecule has 0 saturated heterocycles. The minimum absolute atomic E-state index is 0.343. The van der Waals surface area contributed by atoms with Gasteiger partial charge in [0.2, 0.25) is 0 Å². The third-order valence-electron chi connectivity index (χ3n) is 2.33. The summed E-state index contributed by atoms with van der Waals surface area (Å²) in [6.07, 6.45) is 1.05. The van der Waals surface area contributed by atoms with E-state index < -0.39 is 0 Å². The molecular weight excluding hydrogens is 192 g/mol. The molecular formula is C11H14N2S. The zero-order valence-corrected chi connectivity index (χ0v) is 9.05. The lowest BCUT2D eigenvalue weighted by Crippen LogP contribution is -1.94. The predicted molar refractivity (Wildman–Crippen MR) is 63.8 cm³/mol. The number of nitrogens with two attached hydrogens (primary N) is 1. The van der Waals surface area contributed by atoms with Gasteiger partial charge in [-0.3, -0.25) is 4.99 Å². The van der Waals surface area contributed by atoms with Crippen molar-refractivity contribution in [2.24, 2.45) is 4.99 Å². The maximum Gasteiger partial charge on any atom is 0.0852 e. The van der Waals surface area contributed by atoms with Crippen LogP contribution in [0.25, 0.3) is 0 Å². The molecule has 14 heavy (non-hydrogen) atoms. The Bertz CT molecular complexity index is 343. The van der Waals surface area contributed by atoms with E-state index in [1.54, 1.807) is 0 Å². The topological polar surface area (TPSA) is 38.4 Å². The Morgan fingerprint density at radius 1 is 1.43 bits per heavy atom. The highest BCUT2D eigenvalue weighted by atomic mass is 32.2. The first-order valence-corrected chi connectivity index (χ1v) is 5.83. The standard InChI is InChI=1S/C11H14N2S/c1-2-11-13-10(7-14-11)8-3-5-9(12)6-4-8/h3-6,10H,2,7,12H2,1H3. The van der Waals surface area contributed by atoms with Crippen LogP contribution in [-0.4, -0.2) is 10.8 Å². The maximum absolute atomic E-state index is 5.64. The van der Waals surface area contributed by atoms with Gasteiger partial charge in [0, 0.05) is 11.4 Å². The summed E-state index contributed by atoms with van der Waals surface area (Å²) >= 11 is 1.87. The number of anilines is 1. The summed E-state index contributed by atoms with van der Waals surface area (Å²) in [7, 11) is 0. The van der Waals surface area contributed by atoms with Crippen LogP contribution >= 0.6 is 11.8 Å². The summed E-state index contributed by atoms with van der Waals surface area (Å²) in [5.41, 5.74) is 7.73. The van der Waals surface area contributed by atoms with E-state index in [0.717, 1.165) is 17.9 Å². The van der Waals surface area contributed by atoms with Crippen LogP contribution in [-0.2, 0) is 0 Å². The Morgan fingerprint density at radius 3 is 2.71 bits per heavy atom. The minimum Gasteiger partial charge on any atom is -0.399 e. The Hall–Kier alpha value is -0.960. The molecule has 1 atom stereocenters. The summed E-state index contributed by atoms with van der Waals surface area (Å²) in [5, 5.41) is 1.27. The first kappa shape index (κ1) is 9.59. The van der Waals surface area contributed by atoms with Crippen molar-refractivity contribution in [2.45, 2.75) is 19.4 Å². The zero-order valence-electron chi connectivity index (χ0n) is 8.23. The second kappa shape index (κ2) is 4.05. The summed E-state index contributed by atoms with van der Waals surface area (Å²) in [6.45, 7) is 2.15. The van der Waals surface area contributed by atoms with E-state index in [-0.39, 0.29) is 0 Å². The number of hydrogen-bond acceptors (Lipinski definition) is 3. The molecule has 0 aromatic heterocycles. The Balaban J connectivity index is 2.17.